The molecule has 21 heavy (non-hydrogen) atoms. The smallest absolute Gasteiger partial charge is 0.124 e. The normalized spacial score (nSPS) is 12.5. The van der Waals surface area contributed by atoms with Crippen molar-refractivity contribution >= 4 is 21.4 Å². The molecule has 0 fully saturated rings. The highest BCUT2D eigenvalue weighted by Crippen LogP contribution is 2.32. The Balaban J connectivity index is 1.88. The molecule has 0 bridgehead atoms. The van der Waals surface area contributed by atoms with E-state index in [0.717, 1.165) is 26.3 Å². The van der Waals surface area contributed by atoms with Crippen LogP contribution in [0, 0.1) is 5.82 Å². The predicted octanol–water partition coefficient (Wildman–Crippen LogP) is 4.29. The first-order valence-corrected chi connectivity index (χ1v) is 7.55. The molecule has 0 aliphatic rings. The highest BCUT2D eigenvalue weighted by Gasteiger charge is 2.13. The summed E-state index contributed by atoms with van der Waals surface area (Å²) in [7, 11) is 1.66. The Morgan fingerprint density at radius 1 is 1.19 bits per heavy atom. The van der Waals surface area contributed by atoms with Crippen molar-refractivity contribution < 1.29 is 9.13 Å². The van der Waals surface area contributed by atoms with E-state index in [0.29, 0.717) is 6.42 Å². The zero-order chi connectivity index (χ0) is 14.8. The quantitative estimate of drug-likeness (QED) is 0.780. The lowest BCUT2D eigenvalue weighted by Crippen LogP contribution is -2.12. The lowest BCUT2D eigenvalue weighted by molar-refractivity contribution is 0.408. The van der Waals surface area contributed by atoms with E-state index in [1.54, 1.807) is 30.6 Å². The van der Waals surface area contributed by atoms with Crippen LogP contribution in [0.2, 0.25) is 0 Å². The summed E-state index contributed by atoms with van der Waals surface area (Å²) in [6, 6.07) is 14.6. The average Bonchev–Trinajstić information content (AvgIpc) is 2.91. The molecule has 2 nitrogen and oxygen atoms in total. The van der Waals surface area contributed by atoms with E-state index < -0.39 is 0 Å². The van der Waals surface area contributed by atoms with Crippen molar-refractivity contribution in [2.75, 3.05) is 7.11 Å². The molecule has 3 rings (SSSR count). The molecule has 1 heterocycles. The topological polar surface area (TPSA) is 35.2 Å². The van der Waals surface area contributed by atoms with Gasteiger partial charge in [0, 0.05) is 15.6 Å². The van der Waals surface area contributed by atoms with Crippen LogP contribution < -0.4 is 10.5 Å². The van der Waals surface area contributed by atoms with Gasteiger partial charge in [0.15, 0.2) is 0 Å². The molecule has 0 radical (unpaired) electrons. The van der Waals surface area contributed by atoms with Crippen LogP contribution in [0.25, 0.3) is 10.1 Å². The van der Waals surface area contributed by atoms with E-state index in [4.69, 9.17) is 10.5 Å². The Kier molecular flexibility index (Phi) is 3.90. The van der Waals surface area contributed by atoms with Crippen LogP contribution in [0.4, 0.5) is 4.39 Å². The van der Waals surface area contributed by atoms with Crippen molar-refractivity contribution in [3.63, 3.8) is 0 Å². The fraction of sp³-hybridized carbons (Fsp3) is 0.176. The first kappa shape index (κ1) is 14.0. The number of halogens is 1. The Morgan fingerprint density at radius 3 is 2.81 bits per heavy atom. The number of rotatable bonds is 4. The highest BCUT2D eigenvalue weighted by molar-refractivity contribution is 7.19. The van der Waals surface area contributed by atoms with Crippen LogP contribution in [-0.2, 0) is 6.42 Å². The number of ether oxygens (including phenoxy) is 1. The molecule has 4 heteroatoms. The van der Waals surface area contributed by atoms with E-state index in [1.165, 1.54) is 6.07 Å². The third kappa shape index (κ3) is 2.91. The largest absolute Gasteiger partial charge is 0.496 e. The summed E-state index contributed by atoms with van der Waals surface area (Å²) in [6.07, 6.45) is 0.694. The Hall–Kier alpha value is -1.91. The van der Waals surface area contributed by atoms with Crippen LogP contribution in [0.15, 0.2) is 48.5 Å². The van der Waals surface area contributed by atoms with Crippen molar-refractivity contribution in [2.24, 2.45) is 5.73 Å². The lowest BCUT2D eigenvalue weighted by Gasteiger charge is -2.12. The highest BCUT2D eigenvalue weighted by atomic mass is 32.1. The molecule has 0 saturated carbocycles. The van der Waals surface area contributed by atoms with Gasteiger partial charge in [0.2, 0.25) is 0 Å². The molecular weight excluding hydrogens is 285 g/mol. The first-order valence-electron chi connectivity index (χ1n) is 6.74. The number of fused-ring (bicyclic) bond motifs is 1. The van der Waals surface area contributed by atoms with Crippen molar-refractivity contribution in [1.29, 1.82) is 0 Å². The fourth-order valence-corrected chi connectivity index (χ4v) is 3.51. The number of thiophene rings is 1. The fourth-order valence-electron chi connectivity index (χ4n) is 2.42. The molecule has 0 aliphatic heterocycles. The van der Waals surface area contributed by atoms with Crippen LogP contribution in [0.3, 0.4) is 0 Å². The third-order valence-corrected chi connectivity index (χ3v) is 4.73. The number of nitrogens with two attached hydrogens (primary N) is 1. The lowest BCUT2D eigenvalue weighted by atomic mass is 10.0. The van der Waals surface area contributed by atoms with Crippen LogP contribution >= 0.6 is 11.3 Å². The minimum absolute atomic E-state index is 0.123. The van der Waals surface area contributed by atoms with Crippen molar-refractivity contribution in [3.8, 4) is 5.75 Å². The number of hydrogen-bond acceptors (Lipinski definition) is 3. The third-order valence-electron chi connectivity index (χ3n) is 3.50. The van der Waals surface area contributed by atoms with Gasteiger partial charge in [-0.3, -0.25) is 0 Å². The summed E-state index contributed by atoms with van der Waals surface area (Å²) >= 11 is 1.55. The molecule has 108 valence electrons. The van der Waals surface area contributed by atoms with Gasteiger partial charge in [-0.05, 0) is 41.6 Å². The van der Waals surface area contributed by atoms with Gasteiger partial charge >= 0.3 is 0 Å². The van der Waals surface area contributed by atoms with Gasteiger partial charge in [-0.1, -0.05) is 24.3 Å². The van der Waals surface area contributed by atoms with Crippen molar-refractivity contribution in [3.05, 3.63) is 64.8 Å². The molecule has 3 aromatic rings. The summed E-state index contributed by atoms with van der Waals surface area (Å²) < 4.78 is 19.5. The second kappa shape index (κ2) is 5.84. The molecule has 0 aliphatic carbocycles. The maximum Gasteiger partial charge on any atom is 0.124 e. The number of methoxy groups -OCH3 is 1. The van der Waals surface area contributed by atoms with Gasteiger partial charge in [0.05, 0.1) is 7.11 Å². The van der Waals surface area contributed by atoms with Crippen molar-refractivity contribution in [1.82, 2.24) is 0 Å². The zero-order valence-corrected chi connectivity index (χ0v) is 12.5. The molecule has 2 N–H and O–H groups in total. The summed E-state index contributed by atoms with van der Waals surface area (Å²) in [6.45, 7) is 0. The monoisotopic (exact) mass is 301 g/mol. The second-order valence-electron chi connectivity index (χ2n) is 4.95. The molecule has 1 atom stereocenters. The summed E-state index contributed by atoms with van der Waals surface area (Å²) in [5.74, 6) is 0.634. The molecule has 1 unspecified atom stereocenters. The average molecular weight is 301 g/mol. The van der Waals surface area contributed by atoms with Crippen molar-refractivity contribution in [2.45, 2.75) is 12.5 Å². The number of benzene rings is 2. The summed E-state index contributed by atoms with van der Waals surface area (Å²) in [4.78, 5) is 1.06. The first-order chi connectivity index (χ1) is 10.2. The zero-order valence-electron chi connectivity index (χ0n) is 11.7. The summed E-state index contributed by atoms with van der Waals surface area (Å²) in [5.41, 5.74) is 7.39. The Morgan fingerprint density at radius 2 is 2.00 bits per heavy atom. The minimum atomic E-state index is -0.214. The molecule has 0 spiro atoms. The van der Waals surface area contributed by atoms with E-state index in [1.807, 2.05) is 30.3 Å². The molecular formula is C17H16FNOS. The molecule has 0 amide bonds. The van der Waals surface area contributed by atoms with Crippen LogP contribution in [-0.4, -0.2) is 7.11 Å². The maximum absolute atomic E-state index is 13.3. The van der Waals surface area contributed by atoms with Gasteiger partial charge in [-0.15, -0.1) is 11.3 Å². The Bertz CT molecular complexity index is 768. The standard InChI is InChI=1S/C17H16FNOS/c1-20-15-5-3-2-4-11(15)8-14(19)17-9-12-6-7-13(18)10-16(12)21-17/h2-7,9-10,14H,8,19H2,1H3. The number of hydrogen-bond donors (Lipinski definition) is 1. The SMILES string of the molecule is COc1ccccc1CC(N)c1cc2ccc(F)cc2s1. The van der Waals surface area contributed by atoms with Crippen LogP contribution in [0.1, 0.15) is 16.5 Å². The van der Waals surface area contributed by atoms with E-state index in [2.05, 4.69) is 0 Å². The van der Waals surface area contributed by atoms with E-state index >= 15 is 0 Å². The maximum atomic E-state index is 13.3. The minimum Gasteiger partial charge on any atom is -0.496 e. The molecule has 1 aromatic heterocycles. The molecule has 0 saturated heterocycles. The van der Waals surface area contributed by atoms with Gasteiger partial charge in [0.25, 0.3) is 0 Å². The van der Waals surface area contributed by atoms with Crippen LogP contribution in [0.5, 0.6) is 5.75 Å². The second-order valence-corrected chi connectivity index (χ2v) is 6.07. The molecule has 2 aromatic carbocycles. The predicted molar refractivity (Wildman–Crippen MR) is 85.4 cm³/mol. The van der Waals surface area contributed by atoms with Gasteiger partial charge in [0.1, 0.15) is 11.6 Å². The summed E-state index contributed by atoms with van der Waals surface area (Å²) in [5, 5.41) is 1.03. The number of para-hydroxylation sites is 1. The Labute approximate surface area is 127 Å². The van der Waals surface area contributed by atoms with E-state index in [9.17, 15) is 4.39 Å². The van der Waals surface area contributed by atoms with Gasteiger partial charge < -0.3 is 10.5 Å². The van der Waals surface area contributed by atoms with Gasteiger partial charge in [-0.2, -0.15) is 0 Å². The van der Waals surface area contributed by atoms with E-state index in [-0.39, 0.29) is 11.9 Å². The van der Waals surface area contributed by atoms with Gasteiger partial charge in [-0.25, -0.2) is 4.39 Å².